The highest BCUT2D eigenvalue weighted by Crippen LogP contribution is 2.25. The maximum absolute atomic E-state index is 5.72. The second kappa shape index (κ2) is 6.07. The summed E-state index contributed by atoms with van der Waals surface area (Å²) in [5.74, 6) is 2.32. The van der Waals surface area contributed by atoms with E-state index in [2.05, 4.69) is 0 Å². The van der Waals surface area contributed by atoms with E-state index < -0.39 is 0 Å². The molecule has 0 aliphatic rings. The predicted octanol–water partition coefficient (Wildman–Crippen LogP) is 3.20. The van der Waals surface area contributed by atoms with Crippen molar-refractivity contribution in [2.24, 2.45) is 5.73 Å². The normalized spacial score (nSPS) is 11.9. The van der Waals surface area contributed by atoms with Crippen LogP contribution in [0.25, 0.3) is 0 Å². The molecule has 94 valence electrons. The minimum atomic E-state index is -0.00280. The summed E-state index contributed by atoms with van der Waals surface area (Å²) in [6.45, 7) is 2.43. The van der Waals surface area contributed by atoms with Gasteiger partial charge in [-0.3, -0.25) is 0 Å². The molecule has 3 heteroatoms. The molecular weight excluding hydrogens is 226 g/mol. The van der Waals surface area contributed by atoms with Gasteiger partial charge in [0.2, 0.25) is 0 Å². The van der Waals surface area contributed by atoms with Crippen LogP contribution in [-0.4, -0.2) is 12.6 Å². The summed E-state index contributed by atoms with van der Waals surface area (Å²) in [7, 11) is 0. The summed E-state index contributed by atoms with van der Waals surface area (Å²) in [4.78, 5) is 0. The minimum Gasteiger partial charge on any atom is -0.489 e. The smallest absolute Gasteiger partial charge is 0.131 e. The number of nitrogens with two attached hydrogens (primary N) is 1. The highest BCUT2D eigenvalue weighted by molar-refractivity contribution is 5.36. The van der Waals surface area contributed by atoms with E-state index in [9.17, 15) is 0 Å². The van der Waals surface area contributed by atoms with Crippen molar-refractivity contribution in [2.45, 2.75) is 13.0 Å². The summed E-state index contributed by atoms with van der Waals surface area (Å²) in [5, 5.41) is 0. The van der Waals surface area contributed by atoms with Crippen molar-refractivity contribution in [3.05, 3.63) is 54.6 Å². The lowest BCUT2D eigenvalue weighted by molar-refractivity contribution is 0.229. The molecule has 3 nitrogen and oxygen atoms in total. The third kappa shape index (κ3) is 3.50. The molecule has 1 atom stereocenters. The van der Waals surface area contributed by atoms with Gasteiger partial charge in [0, 0.05) is 12.6 Å². The topological polar surface area (TPSA) is 44.5 Å². The summed E-state index contributed by atoms with van der Waals surface area (Å²) >= 11 is 0. The van der Waals surface area contributed by atoms with E-state index in [1.807, 2.05) is 61.5 Å². The van der Waals surface area contributed by atoms with E-state index in [0.29, 0.717) is 6.54 Å². The lowest BCUT2D eigenvalue weighted by Crippen LogP contribution is -2.22. The molecule has 0 fully saturated rings. The van der Waals surface area contributed by atoms with Crippen molar-refractivity contribution in [1.82, 2.24) is 0 Å². The van der Waals surface area contributed by atoms with Gasteiger partial charge >= 0.3 is 0 Å². The Morgan fingerprint density at radius 1 is 0.944 bits per heavy atom. The molecule has 0 saturated heterocycles. The van der Waals surface area contributed by atoms with Crippen LogP contribution in [0.4, 0.5) is 0 Å². The third-order valence-electron chi connectivity index (χ3n) is 2.45. The zero-order valence-corrected chi connectivity index (χ0v) is 10.4. The molecule has 0 aromatic heterocycles. The first kappa shape index (κ1) is 12.5. The maximum atomic E-state index is 5.72. The van der Waals surface area contributed by atoms with Crippen LogP contribution < -0.4 is 15.2 Å². The van der Waals surface area contributed by atoms with Gasteiger partial charge in [0.15, 0.2) is 0 Å². The van der Waals surface area contributed by atoms with Gasteiger partial charge in [-0.25, -0.2) is 0 Å². The van der Waals surface area contributed by atoms with E-state index in [1.165, 1.54) is 0 Å². The van der Waals surface area contributed by atoms with Crippen LogP contribution in [0.15, 0.2) is 54.6 Å². The average Bonchev–Trinajstić information content (AvgIpc) is 2.40. The first-order valence-electron chi connectivity index (χ1n) is 5.97. The number of hydrogen-bond donors (Lipinski definition) is 1. The molecule has 0 radical (unpaired) electrons. The lowest BCUT2D eigenvalue weighted by atomic mass is 10.3. The number of rotatable bonds is 5. The highest BCUT2D eigenvalue weighted by atomic mass is 16.5. The van der Waals surface area contributed by atoms with Gasteiger partial charge in [0.05, 0.1) is 0 Å². The standard InChI is InChI=1S/C15H17NO2/c1-12(11-16)17-14-8-5-9-15(10-14)18-13-6-3-2-4-7-13/h2-10,12H,11,16H2,1H3. The van der Waals surface area contributed by atoms with E-state index in [-0.39, 0.29) is 6.10 Å². The predicted molar refractivity (Wildman–Crippen MR) is 72.1 cm³/mol. The molecule has 0 aliphatic carbocycles. The summed E-state index contributed by atoms with van der Waals surface area (Å²) in [5.41, 5.74) is 5.53. The van der Waals surface area contributed by atoms with Gasteiger partial charge in [-0.2, -0.15) is 0 Å². The molecule has 0 bridgehead atoms. The molecule has 2 aromatic carbocycles. The van der Waals surface area contributed by atoms with Crippen molar-refractivity contribution in [3.63, 3.8) is 0 Å². The summed E-state index contributed by atoms with van der Waals surface area (Å²) in [6, 6.07) is 17.2. The Morgan fingerprint density at radius 2 is 1.61 bits per heavy atom. The van der Waals surface area contributed by atoms with E-state index in [0.717, 1.165) is 17.2 Å². The fourth-order valence-corrected chi connectivity index (χ4v) is 1.52. The molecular formula is C15H17NO2. The largest absolute Gasteiger partial charge is 0.489 e. The van der Waals surface area contributed by atoms with Gasteiger partial charge in [-0.05, 0) is 31.2 Å². The molecule has 18 heavy (non-hydrogen) atoms. The van der Waals surface area contributed by atoms with Crippen molar-refractivity contribution in [3.8, 4) is 17.2 Å². The minimum absolute atomic E-state index is 0.00280. The zero-order valence-electron chi connectivity index (χ0n) is 10.4. The molecule has 0 spiro atoms. The molecule has 2 aromatic rings. The van der Waals surface area contributed by atoms with E-state index >= 15 is 0 Å². The van der Waals surface area contributed by atoms with Crippen LogP contribution in [-0.2, 0) is 0 Å². The van der Waals surface area contributed by atoms with Crippen molar-refractivity contribution in [1.29, 1.82) is 0 Å². The fourth-order valence-electron chi connectivity index (χ4n) is 1.52. The molecule has 0 aliphatic heterocycles. The van der Waals surface area contributed by atoms with Gasteiger partial charge in [0.25, 0.3) is 0 Å². The van der Waals surface area contributed by atoms with Gasteiger partial charge in [-0.15, -0.1) is 0 Å². The molecule has 2 rings (SSSR count). The first-order valence-corrected chi connectivity index (χ1v) is 5.97. The SMILES string of the molecule is CC(CN)Oc1cccc(Oc2ccccc2)c1. The van der Waals surface area contributed by atoms with E-state index in [1.54, 1.807) is 0 Å². The van der Waals surface area contributed by atoms with Crippen LogP contribution in [0.5, 0.6) is 17.2 Å². The second-order valence-corrected chi connectivity index (χ2v) is 4.05. The Kier molecular flexibility index (Phi) is 4.20. The van der Waals surface area contributed by atoms with Gasteiger partial charge in [-0.1, -0.05) is 24.3 Å². The monoisotopic (exact) mass is 243 g/mol. The number of hydrogen-bond acceptors (Lipinski definition) is 3. The lowest BCUT2D eigenvalue weighted by Gasteiger charge is -2.13. The highest BCUT2D eigenvalue weighted by Gasteiger charge is 2.03. The quantitative estimate of drug-likeness (QED) is 0.877. The van der Waals surface area contributed by atoms with Gasteiger partial charge in [0.1, 0.15) is 23.4 Å². The Labute approximate surface area is 107 Å². The maximum Gasteiger partial charge on any atom is 0.131 e. The number of benzene rings is 2. The van der Waals surface area contributed by atoms with E-state index in [4.69, 9.17) is 15.2 Å². The summed E-state index contributed by atoms with van der Waals surface area (Å²) in [6.07, 6.45) is -0.00280. The van der Waals surface area contributed by atoms with Crippen LogP contribution >= 0.6 is 0 Å². The van der Waals surface area contributed by atoms with Crippen LogP contribution in [0, 0.1) is 0 Å². The Morgan fingerprint density at radius 3 is 2.33 bits per heavy atom. The molecule has 0 heterocycles. The zero-order chi connectivity index (χ0) is 12.8. The van der Waals surface area contributed by atoms with Gasteiger partial charge < -0.3 is 15.2 Å². The molecule has 0 saturated carbocycles. The fraction of sp³-hybridized carbons (Fsp3) is 0.200. The molecule has 1 unspecified atom stereocenters. The van der Waals surface area contributed by atoms with Crippen LogP contribution in [0.3, 0.4) is 0 Å². The third-order valence-corrected chi connectivity index (χ3v) is 2.45. The average molecular weight is 243 g/mol. The Bertz CT molecular complexity index is 485. The van der Waals surface area contributed by atoms with Crippen LogP contribution in [0.2, 0.25) is 0 Å². The molecule has 0 amide bonds. The Hall–Kier alpha value is -2.00. The van der Waals surface area contributed by atoms with Crippen molar-refractivity contribution in [2.75, 3.05) is 6.54 Å². The number of ether oxygens (including phenoxy) is 2. The van der Waals surface area contributed by atoms with Crippen molar-refractivity contribution >= 4 is 0 Å². The second-order valence-electron chi connectivity index (χ2n) is 4.05. The van der Waals surface area contributed by atoms with Crippen LogP contribution in [0.1, 0.15) is 6.92 Å². The first-order chi connectivity index (χ1) is 8.78. The molecule has 2 N–H and O–H groups in total. The number of para-hydroxylation sites is 1. The van der Waals surface area contributed by atoms with Crippen molar-refractivity contribution < 1.29 is 9.47 Å². The Balaban J connectivity index is 2.08. The summed E-state index contributed by atoms with van der Waals surface area (Å²) < 4.78 is 11.4.